The molecule has 0 bridgehead atoms. The van der Waals surface area contributed by atoms with Gasteiger partial charge in [-0.3, -0.25) is 0 Å². The molecule has 23 heavy (non-hydrogen) atoms. The zero-order valence-electron chi connectivity index (χ0n) is 16.3. The Kier molecular flexibility index (Phi) is 9.69. The highest BCUT2D eigenvalue weighted by Gasteiger charge is 2.31. The summed E-state index contributed by atoms with van der Waals surface area (Å²) in [5.41, 5.74) is 0. The van der Waals surface area contributed by atoms with Gasteiger partial charge in [-0.15, -0.1) is 0 Å². The summed E-state index contributed by atoms with van der Waals surface area (Å²) >= 11 is 0. The monoisotopic (exact) mass is 320 g/mol. The molecule has 0 aromatic rings. The van der Waals surface area contributed by atoms with Crippen molar-refractivity contribution in [2.45, 2.75) is 123 Å². The molecule has 2 atom stereocenters. The predicted molar refractivity (Wildman–Crippen MR) is 104 cm³/mol. The normalized spacial score (nSPS) is 32.1. The third-order valence-corrected chi connectivity index (χ3v) is 7.06. The van der Waals surface area contributed by atoms with E-state index in [-0.39, 0.29) is 0 Å². The first-order valence-electron chi connectivity index (χ1n) is 11.3. The Morgan fingerprint density at radius 3 is 2.00 bits per heavy atom. The van der Waals surface area contributed by atoms with E-state index in [1.165, 1.54) is 57.8 Å². The summed E-state index contributed by atoms with van der Waals surface area (Å²) in [6, 6.07) is 0. The molecule has 136 valence electrons. The highest BCUT2D eigenvalue weighted by molar-refractivity contribution is 4.82. The van der Waals surface area contributed by atoms with Crippen molar-refractivity contribution in [2.24, 2.45) is 23.7 Å². The van der Waals surface area contributed by atoms with E-state index in [1.807, 2.05) is 0 Å². The lowest BCUT2D eigenvalue weighted by atomic mass is 9.67. The molecule has 0 aliphatic heterocycles. The van der Waals surface area contributed by atoms with E-state index >= 15 is 0 Å². The first kappa shape index (κ1) is 19.3. The Hall–Kier alpha value is 0. The molecule has 0 amide bonds. The smallest absolute Gasteiger partial charge is 0.0383 e. The Labute approximate surface area is 147 Å². The van der Waals surface area contributed by atoms with Gasteiger partial charge in [-0.1, -0.05) is 104 Å². The lowest BCUT2D eigenvalue weighted by Gasteiger charge is -2.38. The minimum Gasteiger partial charge on any atom is -0.0654 e. The zero-order valence-corrected chi connectivity index (χ0v) is 16.3. The van der Waals surface area contributed by atoms with Crippen LogP contribution in [0.25, 0.3) is 0 Å². The third kappa shape index (κ3) is 7.18. The van der Waals surface area contributed by atoms with E-state index in [0.29, 0.717) is 0 Å². The van der Waals surface area contributed by atoms with Crippen molar-refractivity contribution in [1.82, 2.24) is 0 Å². The van der Waals surface area contributed by atoms with Crippen LogP contribution in [0.5, 0.6) is 0 Å². The van der Waals surface area contributed by atoms with Crippen molar-refractivity contribution in [2.75, 3.05) is 0 Å². The molecule has 0 spiro atoms. The van der Waals surface area contributed by atoms with Gasteiger partial charge in [0.25, 0.3) is 0 Å². The van der Waals surface area contributed by atoms with Gasteiger partial charge in [0.2, 0.25) is 0 Å². The molecule has 0 radical (unpaired) electrons. The first-order chi connectivity index (χ1) is 11.3. The number of hydrogen-bond acceptors (Lipinski definition) is 0. The number of rotatable bonds is 10. The largest absolute Gasteiger partial charge is 0.0654 e. The molecule has 2 fully saturated rings. The fourth-order valence-corrected chi connectivity index (χ4v) is 5.50. The molecular formula is C23H44. The maximum absolute atomic E-state index is 2.35. The SMILES string of the molecule is CCCCCCCC1CCC(C2CCCC(CCCC)C2)CC1. The van der Waals surface area contributed by atoms with Crippen molar-refractivity contribution < 1.29 is 0 Å². The van der Waals surface area contributed by atoms with E-state index in [4.69, 9.17) is 0 Å². The summed E-state index contributed by atoms with van der Waals surface area (Å²) in [7, 11) is 0. The fraction of sp³-hybridized carbons (Fsp3) is 1.00. The van der Waals surface area contributed by atoms with Gasteiger partial charge >= 0.3 is 0 Å². The van der Waals surface area contributed by atoms with E-state index in [0.717, 1.165) is 23.7 Å². The molecule has 2 rings (SSSR count). The Morgan fingerprint density at radius 1 is 0.565 bits per heavy atom. The highest BCUT2D eigenvalue weighted by atomic mass is 14.4. The molecule has 0 aromatic carbocycles. The zero-order chi connectivity index (χ0) is 16.3. The van der Waals surface area contributed by atoms with Crippen molar-refractivity contribution in [3.05, 3.63) is 0 Å². The van der Waals surface area contributed by atoms with Gasteiger partial charge in [-0.2, -0.15) is 0 Å². The maximum Gasteiger partial charge on any atom is -0.0383 e. The Balaban J connectivity index is 1.60. The van der Waals surface area contributed by atoms with Gasteiger partial charge in [0.15, 0.2) is 0 Å². The van der Waals surface area contributed by atoms with E-state index in [1.54, 1.807) is 51.4 Å². The fourth-order valence-electron chi connectivity index (χ4n) is 5.50. The molecule has 2 aliphatic rings. The molecule has 0 heteroatoms. The van der Waals surface area contributed by atoms with Gasteiger partial charge in [0, 0.05) is 0 Å². The molecule has 0 saturated heterocycles. The summed E-state index contributed by atoms with van der Waals surface area (Å²) in [4.78, 5) is 0. The first-order valence-corrected chi connectivity index (χ1v) is 11.3. The van der Waals surface area contributed by atoms with Crippen LogP contribution in [0.15, 0.2) is 0 Å². The van der Waals surface area contributed by atoms with E-state index < -0.39 is 0 Å². The van der Waals surface area contributed by atoms with Crippen LogP contribution in [0.4, 0.5) is 0 Å². The van der Waals surface area contributed by atoms with Crippen molar-refractivity contribution in [3.63, 3.8) is 0 Å². The molecule has 0 aromatic heterocycles. The second kappa shape index (κ2) is 11.5. The molecule has 2 aliphatic carbocycles. The lowest BCUT2D eigenvalue weighted by Crippen LogP contribution is -2.26. The minimum absolute atomic E-state index is 1.09. The molecule has 0 N–H and O–H groups in total. The van der Waals surface area contributed by atoms with Gasteiger partial charge in [0.05, 0.1) is 0 Å². The van der Waals surface area contributed by atoms with E-state index in [9.17, 15) is 0 Å². The minimum atomic E-state index is 1.09. The van der Waals surface area contributed by atoms with Gasteiger partial charge in [0.1, 0.15) is 0 Å². The van der Waals surface area contributed by atoms with Crippen LogP contribution >= 0.6 is 0 Å². The molecule has 2 saturated carbocycles. The summed E-state index contributed by atoms with van der Waals surface area (Å²) in [6.07, 6.45) is 25.8. The van der Waals surface area contributed by atoms with Crippen LogP contribution in [-0.2, 0) is 0 Å². The maximum atomic E-state index is 2.35. The third-order valence-electron chi connectivity index (χ3n) is 7.06. The van der Waals surface area contributed by atoms with Gasteiger partial charge in [-0.05, 0) is 42.9 Å². The van der Waals surface area contributed by atoms with Crippen LogP contribution in [0.3, 0.4) is 0 Å². The topological polar surface area (TPSA) is 0 Å². The van der Waals surface area contributed by atoms with Gasteiger partial charge in [-0.25, -0.2) is 0 Å². The van der Waals surface area contributed by atoms with Gasteiger partial charge < -0.3 is 0 Å². The van der Waals surface area contributed by atoms with Crippen LogP contribution in [-0.4, -0.2) is 0 Å². The quantitative estimate of drug-likeness (QED) is 0.356. The predicted octanol–water partition coefficient (Wildman–Crippen LogP) is 8.15. The number of unbranched alkanes of at least 4 members (excludes halogenated alkanes) is 5. The van der Waals surface area contributed by atoms with Crippen LogP contribution in [0, 0.1) is 23.7 Å². The van der Waals surface area contributed by atoms with E-state index in [2.05, 4.69) is 13.8 Å². The second-order valence-corrected chi connectivity index (χ2v) is 8.92. The second-order valence-electron chi connectivity index (χ2n) is 8.92. The molecule has 0 nitrogen and oxygen atoms in total. The Bertz CT molecular complexity index is 274. The lowest BCUT2D eigenvalue weighted by molar-refractivity contribution is 0.132. The standard InChI is InChI=1S/C23H44/c1-3-5-7-8-9-12-20-15-17-22(18-16-20)23-14-10-13-21(19-23)11-6-4-2/h20-23H,3-19H2,1-2H3. The van der Waals surface area contributed by atoms with Crippen molar-refractivity contribution in [3.8, 4) is 0 Å². The average Bonchev–Trinajstić information content (AvgIpc) is 2.60. The molecule has 2 unspecified atom stereocenters. The van der Waals surface area contributed by atoms with Crippen molar-refractivity contribution in [1.29, 1.82) is 0 Å². The Morgan fingerprint density at radius 2 is 1.26 bits per heavy atom. The van der Waals surface area contributed by atoms with Crippen LogP contribution in [0.1, 0.15) is 123 Å². The highest BCUT2D eigenvalue weighted by Crippen LogP contribution is 2.43. The molecular weight excluding hydrogens is 276 g/mol. The van der Waals surface area contributed by atoms with Crippen LogP contribution in [0.2, 0.25) is 0 Å². The van der Waals surface area contributed by atoms with Crippen molar-refractivity contribution >= 4 is 0 Å². The average molecular weight is 321 g/mol. The molecule has 0 heterocycles. The summed E-state index contributed by atoms with van der Waals surface area (Å²) in [5.74, 6) is 4.39. The van der Waals surface area contributed by atoms with Crippen LogP contribution < -0.4 is 0 Å². The summed E-state index contributed by atoms with van der Waals surface area (Å²) in [6.45, 7) is 4.67. The summed E-state index contributed by atoms with van der Waals surface area (Å²) < 4.78 is 0. The summed E-state index contributed by atoms with van der Waals surface area (Å²) in [5, 5.41) is 0. The number of hydrogen-bond donors (Lipinski definition) is 0.